The number of aromatic nitrogens is 3. The Balaban J connectivity index is 3.12. The van der Waals surface area contributed by atoms with E-state index in [4.69, 9.17) is 0 Å². The van der Waals surface area contributed by atoms with Crippen LogP contribution in [0.2, 0.25) is 0 Å². The molecule has 0 aliphatic rings. The number of rotatable bonds is 1. The van der Waals surface area contributed by atoms with Crippen LogP contribution >= 0.6 is 0 Å². The summed E-state index contributed by atoms with van der Waals surface area (Å²) in [5.74, 6) is 0. The van der Waals surface area contributed by atoms with Crippen molar-refractivity contribution in [2.24, 2.45) is 0 Å². The zero-order valence-electron chi connectivity index (χ0n) is 8.96. The normalized spacial score (nSPS) is 10.9. The van der Waals surface area contributed by atoms with E-state index in [-0.39, 0.29) is 16.6 Å². The predicted molar refractivity (Wildman–Crippen MR) is 59.9 cm³/mol. The molecule has 0 atom stereocenters. The minimum atomic E-state index is -0.495. The zero-order chi connectivity index (χ0) is 11.9. The monoisotopic (exact) mass is 221 g/mol. The van der Waals surface area contributed by atoms with Gasteiger partial charge in [0.15, 0.2) is 0 Å². The van der Waals surface area contributed by atoms with Gasteiger partial charge in [-0.15, -0.1) is 0 Å². The van der Waals surface area contributed by atoms with Crippen LogP contribution in [-0.4, -0.2) is 14.5 Å². The molecule has 6 nitrogen and oxygen atoms in total. The lowest BCUT2D eigenvalue weighted by Crippen LogP contribution is -2.35. The number of nitrogens with zero attached hydrogens (tertiary/aromatic N) is 1. The maximum Gasteiger partial charge on any atom is 0.328 e. The molecule has 0 aromatic carbocycles. The van der Waals surface area contributed by atoms with Gasteiger partial charge in [-0.2, -0.15) is 0 Å². The SMILES string of the molecule is CCn1c(=O)[nH]c2cc(=O)[nH]c(C)c2c1=O. The molecule has 0 aliphatic carbocycles. The zero-order valence-corrected chi connectivity index (χ0v) is 8.96. The standard InChI is InChI=1S/C10H11N3O3/c1-3-13-9(15)8-5(2)11-7(14)4-6(8)12-10(13)16/h4H,3H2,1-2H3,(H,11,14)(H,12,16). The largest absolute Gasteiger partial charge is 0.328 e. The molecule has 0 radical (unpaired) electrons. The van der Waals surface area contributed by atoms with Crippen molar-refractivity contribution in [1.82, 2.24) is 14.5 Å². The van der Waals surface area contributed by atoms with E-state index in [1.54, 1.807) is 13.8 Å². The fourth-order valence-electron chi connectivity index (χ4n) is 1.76. The molecule has 6 heteroatoms. The summed E-state index contributed by atoms with van der Waals surface area (Å²) >= 11 is 0. The van der Waals surface area contributed by atoms with Gasteiger partial charge in [-0.3, -0.25) is 14.2 Å². The van der Waals surface area contributed by atoms with Crippen molar-refractivity contribution in [3.8, 4) is 0 Å². The Kier molecular flexibility index (Phi) is 2.26. The summed E-state index contributed by atoms with van der Waals surface area (Å²) in [5.41, 5.74) is -0.471. The van der Waals surface area contributed by atoms with Gasteiger partial charge in [0.1, 0.15) is 0 Å². The average molecular weight is 221 g/mol. The number of fused-ring (bicyclic) bond motifs is 1. The topological polar surface area (TPSA) is 87.7 Å². The summed E-state index contributed by atoms with van der Waals surface area (Å²) < 4.78 is 1.09. The molecule has 0 spiro atoms. The van der Waals surface area contributed by atoms with E-state index in [1.807, 2.05) is 0 Å². The van der Waals surface area contributed by atoms with Gasteiger partial charge in [0.2, 0.25) is 5.56 Å². The average Bonchev–Trinajstić information content (AvgIpc) is 2.15. The number of hydrogen-bond donors (Lipinski definition) is 2. The maximum atomic E-state index is 11.9. The summed E-state index contributed by atoms with van der Waals surface area (Å²) in [7, 11) is 0. The van der Waals surface area contributed by atoms with E-state index < -0.39 is 5.69 Å². The molecule has 0 aliphatic heterocycles. The summed E-state index contributed by atoms with van der Waals surface area (Å²) in [6, 6.07) is 1.21. The summed E-state index contributed by atoms with van der Waals surface area (Å²) in [4.78, 5) is 39.7. The molecule has 2 aromatic heterocycles. The third-order valence-corrected chi connectivity index (χ3v) is 2.49. The van der Waals surface area contributed by atoms with E-state index >= 15 is 0 Å². The van der Waals surface area contributed by atoms with Gasteiger partial charge in [-0.25, -0.2) is 4.79 Å². The summed E-state index contributed by atoms with van der Waals surface area (Å²) in [5, 5.41) is 0.348. The Hall–Kier alpha value is -2.11. The van der Waals surface area contributed by atoms with Crippen molar-refractivity contribution < 1.29 is 0 Å². The minimum absolute atomic E-state index is 0.279. The van der Waals surface area contributed by atoms with Gasteiger partial charge in [0.25, 0.3) is 5.56 Å². The number of aromatic amines is 2. The molecule has 0 bridgehead atoms. The van der Waals surface area contributed by atoms with E-state index in [1.165, 1.54) is 6.07 Å². The second-order valence-corrected chi connectivity index (χ2v) is 3.53. The van der Waals surface area contributed by atoms with Gasteiger partial charge in [0, 0.05) is 18.3 Å². The van der Waals surface area contributed by atoms with Crippen molar-refractivity contribution >= 4 is 10.9 Å². The minimum Gasteiger partial charge on any atom is -0.326 e. The summed E-state index contributed by atoms with van der Waals surface area (Å²) in [6.07, 6.45) is 0. The van der Waals surface area contributed by atoms with Crippen LogP contribution in [0.4, 0.5) is 0 Å². The molecule has 84 valence electrons. The first-order valence-corrected chi connectivity index (χ1v) is 4.91. The van der Waals surface area contributed by atoms with Crippen molar-refractivity contribution in [3.05, 3.63) is 43.0 Å². The predicted octanol–water partition coefficient (Wildman–Crippen LogP) is -0.294. The van der Waals surface area contributed by atoms with Gasteiger partial charge < -0.3 is 9.97 Å². The quantitative estimate of drug-likeness (QED) is 0.693. The first-order chi connectivity index (χ1) is 7.54. The second-order valence-electron chi connectivity index (χ2n) is 3.53. The Labute approximate surface area is 89.6 Å². The Morgan fingerprint density at radius 2 is 1.94 bits per heavy atom. The first kappa shape index (κ1) is 10.4. The molecule has 0 unspecified atom stereocenters. The molecule has 2 rings (SSSR count). The number of aryl methyl sites for hydroxylation is 1. The molecule has 16 heavy (non-hydrogen) atoms. The number of nitrogens with one attached hydrogen (secondary N) is 2. The van der Waals surface area contributed by atoms with Crippen molar-refractivity contribution in [2.75, 3.05) is 0 Å². The number of hydrogen-bond acceptors (Lipinski definition) is 3. The molecular formula is C10H11N3O3. The Morgan fingerprint density at radius 3 is 2.56 bits per heavy atom. The highest BCUT2D eigenvalue weighted by molar-refractivity contribution is 5.79. The van der Waals surface area contributed by atoms with E-state index in [9.17, 15) is 14.4 Å². The van der Waals surface area contributed by atoms with Crippen LogP contribution in [0.3, 0.4) is 0 Å². The second kappa shape index (κ2) is 3.48. The van der Waals surface area contributed by atoms with Gasteiger partial charge in [-0.05, 0) is 13.8 Å². The molecule has 2 heterocycles. The number of H-pyrrole nitrogens is 2. The van der Waals surface area contributed by atoms with Crippen LogP contribution < -0.4 is 16.8 Å². The van der Waals surface area contributed by atoms with Gasteiger partial charge >= 0.3 is 5.69 Å². The highest BCUT2D eigenvalue weighted by Gasteiger charge is 2.09. The van der Waals surface area contributed by atoms with E-state index in [0.29, 0.717) is 17.6 Å². The third kappa shape index (κ3) is 1.39. The Bertz CT molecular complexity index is 721. The van der Waals surface area contributed by atoms with Crippen molar-refractivity contribution in [2.45, 2.75) is 20.4 Å². The fraction of sp³-hybridized carbons (Fsp3) is 0.300. The molecule has 0 fully saturated rings. The van der Waals surface area contributed by atoms with Crippen LogP contribution in [0, 0.1) is 6.92 Å². The van der Waals surface area contributed by atoms with Crippen molar-refractivity contribution in [1.29, 1.82) is 0 Å². The molecule has 2 N–H and O–H groups in total. The van der Waals surface area contributed by atoms with Crippen LogP contribution in [0.15, 0.2) is 20.4 Å². The maximum absolute atomic E-state index is 11.9. The molecular weight excluding hydrogens is 210 g/mol. The molecule has 0 amide bonds. The highest BCUT2D eigenvalue weighted by Crippen LogP contribution is 2.04. The lowest BCUT2D eigenvalue weighted by Gasteiger charge is -2.04. The molecule has 0 saturated carbocycles. The smallest absolute Gasteiger partial charge is 0.326 e. The van der Waals surface area contributed by atoms with Crippen LogP contribution in [0.1, 0.15) is 12.6 Å². The highest BCUT2D eigenvalue weighted by atomic mass is 16.2. The lowest BCUT2D eigenvalue weighted by molar-refractivity contribution is 0.683. The third-order valence-electron chi connectivity index (χ3n) is 2.49. The summed E-state index contributed by atoms with van der Waals surface area (Å²) in [6.45, 7) is 3.63. The number of pyridine rings is 1. The fourth-order valence-corrected chi connectivity index (χ4v) is 1.76. The van der Waals surface area contributed by atoms with Crippen LogP contribution in [-0.2, 0) is 6.54 Å². The van der Waals surface area contributed by atoms with Gasteiger partial charge in [-0.1, -0.05) is 0 Å². The van der Waals surface area contributed by atoms with Crippen molar-refractivity contribution in [3.63, 3.8) is 0 Å². The van der Waals surface area contributed by atoms with Crippen LogP contribution in [0.25, 0.3) is 10.9 Å². The van der Waals surface area contributed by atoms with E-state index in [0.717, 1.165) is 4.57 Å². The molecule has 2 aromatic rings. The first-order valence-electron chi connectivity index (χ1n) is 4.91. The Morgan fingerprint density at radius 1 is 1.25 bits per heavy atom. The lowest BCUT2D eigenvalue weighted by atomic mass is 10.2. The van der Waals surface area contributed by atoms with Crippen LogP contribution in [0.5, 0.6) is 0 Å². The van der Waals surface area contributed by atoms with Gasteiger partial charge in [0.05, 0.1) is 10.9 Å². The molecule has 0 saturated heterocycles. The van der Waals surface area contributed by atoms with E-state index in [2.05, 4.69) is 9.97 Å².